The van der Waals surface area contributed by atoms with E-state index < -0.39 is 17.6 Å². The van der Waals surface area contributed by atoms with Crippen LogP contribution in [0.4, 0.5) is 0 Å². The quantitative estimate of drug-likeness (QED) is 0.668. The van der Waals surface area contributed by atoms with Gasteiger partial charge < -0.3 is 4.74 Å². The Morgan fingerprint density at radius 2 is 2.16 bits per heavy atom. The number of nitrogens with zero attached hydrogens (tertiary/aromatic N) is 4. The zero-order chi connectivity index (χ0) is 18.1. The first-order chi connectivity index (χ1) is 11.9. The lowest BCUT2D eigenvalue weighted by Crippen LogP contribution is -2.32. The van der Waals surface area contributed by atoms with Crippen molar-refractivity contribution in [2.75, 3.05) is 6.61 Å². The molecule has 0 fully saturated rings. The molecular weight excluding hydrogens is 344 g/mol. The highest BCUT2D eigenvalue weighted by atomic mass is 35.5. The van der Waals surface area contributed by atoms with Crippen molar-refractivity contribution in [1.82, 2.24) is 19.6 Å². The monoisotopic (exact) mass is 360 g/mol. The molecule has 0 aliphatic carbocycles. The van der Waals surface area contributed by atoms with Gasteiger partial charge in [0.2, 0.25) is 0 Å². The maximum absolute atomic E-state index is 13.0. The van der Waals surface area contributed by atoms with Crippen molar-refractivity contribution in [2.45, 2.75) is 26.8 Å². The molecule has 2 aromatic heterocycles. The summed E-state index contributed by atoms with van der Waals surface area (Å²) in [5, 5.41) is 9.71. The molecule has 0 aliphatic rings. The van der Waals surface area contributed by atoms with Crippen LogP contribution >= 0.6 is 11.6 Å². The fourth-order valence-corrected chi connectivity index (χ4v) is 2.80. The van der Waals surface area contributed by atoms with E-state index >= 15 is 0 Å². The molecule has 130 valence electrons. The first kappa shape index (κ1) is 17.2. The van der Waals surface area contributed by atoms with E-state index in [-0.39, 0.29) is 6.61 Å². The summed E-state index contributed by atoms with van der Waals surface area (Å²) in [7, 11) is 0. The number of esters is 1. The van der Waals surface area contributed by atoms with Gasteiger partial charge in [0.1, 0.15) is 5.52 Å². The van der Waals surface area contributed by atoms with Gasteiger partial charge in [0, 0.05) is 10.4 Å². The highest BCUT2D eigenvalue weighted by molar-refractivity contribution is 6.30. The lowest BCUT2D eigenvalue weighted by Gasteiger charge is -2.14. The summed E-state index contributed by atoms with van der Waals surface area (Å²) in [5.74, 6) is -0.510. The van der Waals surface area contributed by atoms with E-state index in [0.717, 1.165) is 4.68 Å². The largest absolute Gasteiger partial charge is 0.464 e. The maximum atomic E-state index is 13.0. The number of carbonyl (C=O) groups is 1. The second kappa shape index (κ2) is 6.68. The first-order valence-corrected chi connectivity index (χ1v) is 8.21. The molecule has 3 aromatic rings. The third-order valence-electron chi connectivity index (χ3n) is 3.87. The average Bonchev–Trinajstić information content (AvgIpc) is 3.03. The molecule has 25 heavy (non-hydrogen) atoms. The summed E-state index contributed by atoms with van der Waals surface area (Å²) >= 11 is 6.04. The summed E-state index contributed by atoms with van der Waals surface area (Å²) in [6.07, 6.45) is 1.58. The smallest absolute Gasteiger partial charge is 0.330 e. The Hall–Kier alpha value is -2.67. The minimum atomic E-state index is -0.835. The lowest BCUT2D eigenvalue weighted by atomic mass is 10.2. The van der Waals surface area contributed by atoms with Crippen LogP contribution in [0.1, 0.15) is 25.6 Å². The number of aromatic nitrogens is 4. The lowest BCUT2D eigenvalue weighted by molar-refractivity contribution is -0.147. The van der Waals surface area contributed by atoms with Gasteiger partial charge in [0.05, 0.1) is 24.2 Å². The van der Waals surface area contributed by atoms with Gasteiger partial charge in [0.25, 0.3) is 5.56 Å². The number of carbonyl (C=O) groups excluding carboxylic acids is 1. The van der Waals surface area contributed by atoms with E-state index in [1.165, 1.54) is 4.68 Å². The molecule has 3 rings (SSSR count). The predicted molar refractivity (Wildman–Crippen MR) is 94.2 cm³/mol. The molecular formula is C17H17ClN4O3. The number of hydrogen-bond acceptors (Lipinski definition) is 5. The van der Waals surface area contributed by atoms with Crippen molar-refractivity contribution >= 4 is 28.5 Å². The van der Waals surface area contributed by atoms with Crippen molar-refractivity contribution in [3.63, 3.8) is 0 Å². The van der Waals surface area contributed by atoms with Crippen LogP contribution in [0.25, 0.3) is 16.6 Å². The minimum absolute atomic E-state index is 0.236. The molecule has 8 heteroatoms. The number of halogens is 1. The highest BCUT2D eigenvalue weighted by Gasteiger charge is 2.23. The third kappa shape index (κ3) is 3.02. The van der Waals surface area contributed by atoms with Gasteiger partial charge in [-0.15, -0.1) is 0 Å². The Balaban J connectivity index is 2.23. The molecule has 0 radical (unpaired) electrons. The molecule has 1 atom stereocenters. The van der Waals surface area contributed by atoms with Crippen molar-refractivity contribution in [2.24, 2.45) is 0 Å². The Morgan fingerprint density at radius 3 is 2.84 bits per heavy atom. The SMILES string of the molecule is CCOC(=O)C(C)n1nc(C)c2cnn(-c3cccc(Cl)c3)c2c1=O. The van der Waals surface area contributed by atoms with Gasteiger partial charge in [-0.1, -0.05) is 17.7 Å². The van der Waals surface area contributed by atoms with Crippen LogP contribution < -0.4 is 5.56 Å². The Kier molecular flexibility index (Phi) is 4.59. The van der Waals surface area contributed by atoms with Crippen molar-refractivity contribution in [3.8, 4) is 5.69 Å². The summed E-state index contributed by atoms with van der Waals surface area (Å²) in [5.41, 5.74) is 1.17. The van der Waals surface area contributed by atoms with Gasteiger partial charge in [-0.2, -0.15) is 10.2 Å². The molecule has 0 amide bonds. The minimum Gasteiger partial charge on any atom is -0.464 e. The van der Waals surface area contributed by atoms with Gasteiger partial charge in [-0.25, -0.2) is 14.2 Å². The van der Waals surface area contributed by atoms with Crippen molar-refractivity contribution in [1.29, 1.82) is 0 Å². The summed E-state index contributed by atoms with van der Waals surface area (Å²) in [6, 6.07) is 6.19. The molecule has 1 aromatic carbocycles. The fourth-order valence-electron chi connectivity index (χ4n) is 2.62. The summed E-state index contributed by atoms with van der Waals surface area (Å²) in [6.45, 7) is 5.29. The fraction of sp³-hybridized carbons (Fsp3) is 0.294. The summed E-state index contributed by atoms with van der Waals surface area (Å²) in [4.78, 5) is 25.0. The van der Waals surface area contributed by atoms with E-state index in [0.29, 0.717) is 27.3 Å². The van der Waals surface area contributed by atoms with Crippen LogP contribution in [0.15, 0.2) is 35.3 Å². The van der Waals surface area contributed by atoms with Gasteiger partial charge in [-0.05, 0) is 39.0 Å². The molecule has 0 aliphatic heterocycles. The van der Waals surface area contributed by atoms with Gasteiger partial charge in [-0.3, -0.25) is 4.79 Å². The van der Waals surface area contributed by atoms with Crippen LogP contribution in [0.3, 0.4) is 0 Å². The van der Waals surface area contributed by atoms with Gasteiger partial charge in [0.15, 0.2) is 6.04 Å². The zero-order valence-corrected chi connectivity index (χ0v) is 14.8. The van der Waals surface area contributed by atoms with E-state index in [4.69, 9.17) is 16.3 Å². The number of fused-ring (bicyclic) bond motifs is 1. The first-order valence-electron chi connectivity index (χ1n) is 7.83. The standard InChI is InChI=1S/C17H17ClN4O3/c1-4-25-17(24)11(3)21-16(23)15-14(10(2)20-21)9-19-22(15)13-7-5-6-12(18)8-13/h5-9,11H,4H2,1-3H3. The maximum Gasteiger partial charge on any atom is 0.330 e. The van der Waals surface area contributed by atoms with E-state index in [9.17, 15) is 9.59 Å². The molecule has 0 saturated carbocycles. The van der Waals surface area contributed by atoms with E-state index in [1.54, 1.807) is 51.2 Å². The Labute approximate surface area is 148 Å². The second-order valence-corrected chi connectivity index (χ2v) is 6.00. The number of ether oxygens (including phenoxy) is 1. The molecule has 1 unspecified atom stereocenters. The Morgan fingerprint density at radius 1 is 1.40 bits per heavy atom. The molecule has 2 heterocycles. The molecule has 0 N–H and O–H groups in total. The number of hydrogen-bond donors (Lipinski definition) is 0. The van der Waals surface area contributed by atoms with Crippen LogP contribution in [-0.4, -0.2) is 32.1 Å². The molecule has 7 nitrogen and oxygen atoms in total. The van der Waals surface area contributed by atoms with E-state index in [1.807, 2.05) is 0 Å². The molecule has 0 saturated heterocycles. The topological polar surface area (TPSA) is 79.0 Å². The predicted octanol–water partition coefficient (Wildman–Crippen LogP) is 2.67. The second-order valence-electron chi connectivity index (χ2n) is 5.56. The zero-order valence-electron chi connectivity index (χ0n) is 14.1. The molecule has 0 spiro atoms. The van der Waals surface area contributed by atoms with Crippen LogP contribution in [-0.2, 0) is 9.53 Å². The Bertz CT molecular complexity index is 1010. The van der Waals surface area contributed by atoms with Crippen molar-refractivity contribution < 1.29 is 9.53 Å². The van der Waals surface area contributed by atoms with E-state index in [2.05, 4.69) is 10.2 Å². The number of aryl methyl sites for hydroxylation is 1. The van der Waals surface area contributed by atoms with Crippen LogP contribution in [0.5, 0.6) is 0 Å². The summed E-state index contributed by atoms with van der Waals surface area (Å²) < 4.78 is 7.64. The molecule has 0 bridgehead atoms. The van der Waals surface area contributed by atoms with Crippen LogP contribution in [0, 0.1) is 6.92 Å². The third-order valence-corrected chi connectivity index (χ3v) is 4.11. The normalized spacial score (nSPS) is 12.3. The number of benzene rings is 1. The number of rotatable bonds is 4. The van der Waals surface area contributed by atoms with Crippen molar-refractivity contribution in [3.05, 3.63) is 51.5 Å². The average molecular weight is 361 g/mol. The van der Waals surface area contributed by atoms with Gasteiger partial charge >= 0.3 is 5.97 Å². The van der Waals surface area contributed by atoms with Crippen LogP contribution in [0.2, 0.25) is 5.02 Å². The highest BCUT2D eigenvalue weighted by Crippen LogP contribution is 2.20.